The molecule has 1 saturated heterocycles. The molecule has 2 aliphatic rings. The topological polar surface area (TPSA) is 35.6 Å². The van der Waals surface area contributed by atoms with Gasteiger partial charge in [-0.15, -0.1) is 0 Å². The second-order valence-electron chi connectivity index (χ2n) is 6.07. The highest BCUT2D eigenvalue weighted by molar-refractivity contribution is 5.82. The number of hydrogen-bond acceptors (Lipinski definition) is 3. The van der Waals surface area contributed by atoms with Gasteiger partial charge in [0.15, 0.2) is 0 Å². The van der Waals surface area contributed by atoms with E-state index in [1.807, 2.05) is 4.90 Å². The quantitative estimate of drug-likeness (QED) is 0.909. The Morgan fingerprint density at radius 3 is 2.62 bits per heavy atom. The van der Waals surface area contributed by atoms with Gasteiger partial charge >= 0.3 is 0 Å². The summed E-state index contributed by atoms with van der Waals surface area (Å²) in [7, 11) is 0. The van der Waals surface area contributed by atoms with Crippen LogP contribution in [0.1, 0.15) is 24.5 Å². The summed E-state index contributed by atoms with van der Waals surface area (Å²) < 4.78 is 0. The molecule has 4 nitrogen and oxygen atoms in total. The summed E-state index contributed by atoms with van der Waals surface area (Å²) in [6.07, 6.45) is 2.01. The predicted octanol–water partition coefficient (Wildman–Crippen LogP) is 1.26. The predicted molar refractivity (Wildman–Crippen MR) is 84.1 cm³/mol. The van der Waals surface area contributed by atoms with Gasteiger partial charge in [-0.3, -0.25) is 9.69 Å². The first-order chi connectivity index (χ1) is 10.3. The van der Waals surface area contributed by atoms with Crippen LogP contribution in [0.15, 0.2) is 24.3 Å². The lowest BCUT2D eigenvalue weighted by atomic mass is 9.95. The van der Waals surface area contributed by atoms with E-state index >= 15 is 0 Å². The van der Waals surface area contributed by atoms with Crippen molar-refractivity contribution in [1.29, 1.82) is 0 Å². The molecule has 1 aromatic rings. The van der Waals surface area contributed by atoms with E-state index in [-0.39, 0.29) is 11.9 Å². The number of carbonyl (C=O) groups excluding carboxylic acids is 1. The molecule has 0 radical (unpaired) electrons. The first kappa shape index (κ1) is 14.5. The highest BCUT2D eigenvalue weighted by Gasteiger charge is 2.29. The molecule has 0 unspecified atom stereocenters. The summed E-state index contributed by atoms with van der Waals surface area (Å²) in [4.78, 5) is 17.2. The lowest BCUT2D eigenvalue weighted by Crippen LogP contribution is -2.55. The van der Waals surface area contributed by atoms with E-state index in [0.717, 1.165) is 45.7 Å². The van der Waals surface area contributed by atoms with E-state index in [2.05, 4.69) is 41.4 Å². The molecule has 1 aromatic carbocycles. The number of rotatable bonds is 3. The molecule has 2 aliphatic heterocycles. The fourth-order valence-corrected chi connectivity index (χ4v) is 3.36. The summed E-state index contributed by atoms with van der Waals surface area (Å²) in [5, 5.41) is 3.40. The molecule has 0 saturated carbocycles. The zero-order valence-electron chi connectivity index (χ0n) is 12.8. The minimum atomic E-state index is -0.0439. The number of benzene rings is 1. The molecule has 2 heterocycles. The van der Waals surface area contributed by atoms with Gasteiger partial charge in [0.25, 0.3) is 0 Å². The molecule has 0 spiro atoms. The van der Waals surface area contributed by atoms with Crippen LogP contribution in [0.3, 0.4) is 0 Å². The van der Waals surface area contributed by atoms with Crippen molar-refractivity contribution in [3.63, 3.8) is 0 Å². The molecule has 21 heavy (non-hydrogen) atoms. The third kappa shape index (κ3) is 3.27. The van der Waals surface area contributed by atoms with Gasteiger partial charge in [-0.05, 0) is 30.5 Å². The fourth-order valence-electron chi connectivity index (χ4n) is 3.36. The third-order valence-electron chi connectivity index (χ3n) is 4.60. The molecule has 1 atom stereocenters. The Morgan fingerprint density at radius 2 is 1.90 bits per heavy atom. The number of hydrogen-bond donors (Lipinski definition) is 1. The molecular weight excluding hydrogens is 262 g/mol. The van der Waals surface area contributed by atoms with Crippen LogP contribution in [0.2, 0.25) is 0 Å². The number of nitrogens with one attached hydrogen (secondary N) is 1. The highest BCUT2D eigenvalue weighted by atomic mass is 16.2. The van der Waals surface area contributed by atoms with E-state index < -0.39 is 0 Å². The first-order valence-corrected chi connectivity index (χ1v) is 8.09. The zero-order valence-corrected chi connectivity index (χ0v) is 12.8. The molecular formula is C17H25N3O. The van der Waals surface area contributed by atoms with Gasteiger partial charge in [0.05, 0.1) is 6.04 Å². The second kappa shape index (κ2) is 6.58. The third-order valence-corrected chi connectivity index (χ3v) is 4.60. The molecule has 1 amide bonds. The van der Waals surface area contributed by atoms with Crippen molar-refractivity contribution in [3.8, 4) is 0 Å². The molecule has 3 rings (SSSR count). The minimum Gasteiger partial charge on any atom is -0.339 e. The number of nitrogens with zero attached hydrogens (tertiary/aromatic N) is 2. The van der Waals surface area contributed by atoms with Crippen molar-refractivity contribution < 1.29 is 4.79 Å². The van der Waals surface area contributed by atoms with Gasteiger partial charge in [-0.1, -0.05) is 31.2 Å². The minimum absolute atomic E-state index is 0.0439. The van der Waals surface area contributed by atoms with Crippen LogP contribution >= 0.6 is 0 Å². The number of piperazine rings is 1. The van der Waals surface area contributed by atoms with E-state index in [1.165, 1.54) is 17.5 Å². The molecule has 0 bridgehead atoms. The molecule has 1 N–H and O–H groups in total. The van der Waals surface area contributed by atoms with Crippen LogP contribution in [0.4, 0.5) is 0 Å². The summed E-state index contributed by atoms with van der Waals surface area (Å²) in [6.45, 7) is 7.95. The Hall–Kier alpha value is -1.39. The smallest absolute Gasteiger partial charge is 0.240 e. The molecule has 0 aromatic heterocycles. The monoisotopic (exact) mass is 287 g/mol. The molecule has 1 fully saturated rings. The lowest BCUT2D eigenvalue weighted by molar-refractivity contribution is -0.135. The maximum atomic E-state index is 12.7. The maximum absolute atomic E-state index is 12.7. The van der Waals surface area contributed by atoms with E-state index in [9.17, 15) is 4.79 Å². The van der Waals surface area contributed by atoms with Crippen LogP contribution in [0, 0.1) is 0 Å². The van der Waals surface area contributed by atoms with Crippen molar-refractivity contribution in [2.75, 3.05) is 32.7 Å². The van der Waals surface area contributed by atoms with E-state index in [4.69, 9.17) is 0 Å². The first-order valence-electron chi connectivity index (χ1n) is 8.09. The van der Waals surface area contributed by atoms with Crippen LogP contribution in [-0.2, 0) is 17.8 Å². The summed E-state index contributed by atoms with van der Waals surface area (Å²) in [5.74, 6) is 0.278. The molecule has 0 aliphatic carbocycles. The summed E-state index contributed by atoms with van der Waals surface area (Å²) in [5.41, 5.74) is 2.65. The van der Waals surface area contributed by atoms with E-state index in [1.54, 1.807) is 0 Å². The van der Waals surface area contributed by atoms with Crippen LogP contribution in [0.5, 0.6) is 0 Å². The summed E-state index contributed by atoms with van der Waals surface area (Å²) in [6, 6.07) is 8.38. The average Bonchev–Trinajstić information content (AvgIpc) is 2.55. The van der Waals surface area contributed by atoms with Crippen LogP contribution < -0.4 is 5.32 Å². The largest absolute Gasteiger partial charge is 0.339 e. The normalized spacial score (nSPS) is 22.9. The van der Waals surface area contributed by atoms with Crippen molar-refractivity contribution in [3.05, 3.63) is 35.4 Å². The molecule has 114 valence electrons. The van der Waals surface area contributed by atoms with Crippen molar-refractivity contribution in [1.82, 2.24) is 15.1 Å². The van der Waals surface area contributed by atoms with Gasteiger partial charge in [0.1, 0.15) is 0 Å². The summed E-state index contributed by atoms with van der Waals surface area (Å²) >= 11 is 0. The second-order valence-corrected chi connectivity index (χ2v) is 6.07. The lowest BCUT2D eigenvalue weighted by Gasteiger charge is -2.37. The van der Waals surface area contributed by atoms with Gasteiger partial charge in [-0.2, -0.15) is 0 Å². The van der Waals surface area contributed by atoms with Gasteiger partial charge < -0.3 is 10.2 Å². The highest BCUT2D eigenvalue weighted by Crippen LogP contribution is 2.18. The van der Waals surface area contributed by atoms with Gasteiger partial charge in [0, 0.05) is 32.7 Å². The van der Waals surface area contributed by atoms with Gasteiger partial charge in [-0.25, -0.2) is 0 Å². The molecule has 4 heteroatoms. The van der Waals surface area contributed by atoms with Crippen molar-refractivity contribution in [2.45, 2.75) is 32.4 Å². The zero-order chi connectivity index (χ0) is 14.7. The maximum Gasteiger partial charge on any atom is 0.240 e. The van der Waals surface area contributed by atoms with Gasteiger partial charge in [0.2, 0.25) is 5.91 Å². The number of amides is 1. The van der Waals surface area contributed by atoms with Crippen molar-refractivity contribution >= 4 is 5.91 Å². The SMILES string of the molecule is CCCN1CCN(C(=O)[C@H]2Cc3ccccc3CN2)CC1. The standard InChI is InChI=1S/C17H25N3O/c1-2-7-19-8-10-20(11-9-19)17(21)16-12-14-5-3-4-6-15(14)13-18-16/h3-6,16,18H,2,7-13H2,1H3/t16-/m1/s1. The average molecular weight is 287 g/mol. The Bertz CT molecular complexity index is 495. The van der Waals surface area contributed by atoms with Crippen LogP contribution in [0.25, 0.3) is 0 Å². The van der Waals surface area contributed by atoms with Crippen LogP contribution in [-0.4, -0.2) is 54.5 Å². The fraction of sp³-hybridized carbons (Fsp3) is 0.588. The van der Waals surface area contributed by atoms with E-state index in [0.29, 0.717) is 0 Å². The Balaban J connectivity index is 1.57. The number of fused-ring (bicyclic) bond motifs is 1. The Labute approximate surface area is 127 Å². The van der Waals surface area contributed by atoms with Crippen molar-refractivity contribution in [2.24, 2.45) is 0 Å². The Morgan fingerprint density at radius 1 is 1.19 bits per heavy atom. The number of carbonyl (C=O) groups is 1. The Kier molecular flexibility index (Phi) is 4.56.